The fourth-order valence-electron chi connectivity index (χ4n) is 5.14. The number of halogens is 1. The number of fused-ring (bicyclic) bond motifs is 1. The maximum atomic E-state index is 12.6. The molecule has 5 rings (SSSR count). The summed E-state index contributed by atoms with van der Waals surface area (Å²) in [4.78, 5) is 24.5. The fraction of sp³-hybridized carbons (Fsp3) is 0.520. The maximum absolute atomic E-state index is 12.6. The molecule has 2 aliphatic heterocycles. The van der Waals surface area contributed by atoms with Crippen LogP contribution in [0, 0.1) is 5.41 Å². The minimum Gasteiger partial charge on any atom is -0.444 e. The molecule has 2 aliphatic rings. The van der Waals surface area contributed by atoms with Crippen molar-refractivity contribution in [2.24, 2.45) is 5.41 Å². The number of nitrogens with one attached hydrogen (secondary N) is 1. The molecule has 3 N–H and O–H groups in total. The van der Waals surface area contributed by atoms with E-state index in [9.17, 15) is 4.79 Å². The van der Waals surface area contributed by atoms with Crippen LogP contribution in [0.1, 0.15) is 40.5 Å². The van der Waals surface area contributed by atoms with Crippen molar-refractivity contribution in [1.82, 2.24) is 24.9 Å². The Morgan fingerprint density at radius 2 is 2.03 bits per heavy atom. The molecule has 3 aromatic heterocycles. The van der Waals surface area contributed by atoms with E-state index in [4.69, 9.17) is 31.8 Å². The zero-order valence-corrected chi connectivity index (χ0v) is 23.0. The Hall–Kier alpha value is -2.76. The summed E-state index contributed by atoms with van der Waals surface area (Å²) in [6.45, 7) is 9.80. The summed E-state index contributed by atoms with van der Waals surface area (Å²) in [5.74, 6) is 1.17. The molecular formula is C25H32ClN7O3S. The van der Waals surface area contributed by atoms with Crippen LogP contribution < -0.4 is 16.0 Å². The molecule has 1 spiro atoms. The minimum atomic E-state index is -0.550. The minimum absolute atomic E-state index is 0.0796. The number of carbonyl (C=O) groups is 1. The lowest BCUT2D eigenvalue weighted by molar-refractivity contribution is 0.0434. The average molecular weight is 546 g/mol. The van der Waals surface area contributed by atoms with Gasteiger partial charge in [0.2, 0.25) is 0 Å². The Morgan fingerprint density at radius 3 is 2.76 bits per heavy atom. The molecule has 5 heterocycles. The van der Waals surface area contributed by atoms with E-state index in [2.05, 4.69) is 20.3 Å². The molecule has 12 heteroatoms. The number of ether oxygens (including phenoxy) is 2. The van der Waals surface area contributed by atoms with Gasteiger partial charge in [-0.05, 0) is 52.7 Å². The van der Waals surface area contributed by atoms with Crippen molar-refractivity contribution in [3.63, 3.8) is 0 Å². The van der Waals surface area contributed by atoms with Crippen molar-refractivity contribution >= 4 is 46.6 Å². The molecule has 10 nitrogen and oxygen atoms in total. The van der Waals surface area contributed by atoms with E-state index in [0.29, 0.717) is 17.4 Å². The first kappa shape index (κ1) is 25.9. The smallest absolute Gasteiger partial charge is 0.407 e. The van der Waals surface area contributed by atoms with Crippen molar-refractivity contribution < 1.29 is 14.3 Å². The molecule has 3 aromatic rings. The summed E-state index contributed by atoms with van der Waals surface area (Å²) in [5, 5.41) is 8.88. The SMILES string of the molecule is C[C@@H]1OCC2(CCN(c3ncc(Sc4ccnc(N)c4Cl)n4nccc34)CC2)[C@@H]1NC(=O)OC(C)(C)C. The van der Waals surface area contributed by atoms with Gasteiger partial charge in [-0.2, -0.15) is 5.10 Å². The molecule has 0 unspecified atom stereocenters. The average Bonchev–Trinajstić information content (AvgIpc) is 3.44. The van der Waals surface area contributed by atoms with Crippen molar-refractivity contribution in [2.45, 2.75) is 68.2 Å². The molecule has 0 saturated carbocycles. The molecular weight excluding hydrogens is 514 g/mol. The summed E-state index contributed by atoms with van der Waals surface area (Å²) in [6.07, 6.45) is 6.46. The highest BCUT2D eigenvalue weighted by Gasteiger charge is 2.50. The van der Waals surface area contributed by atoms with E-state index in [1.54, 1.807) is 12.4 Å². The Bertz CT molecular complexity index is 1300. The largest absolute Gasteiger partial charge is 0.444 e. The number of piperidine rings is 1. The van der Waals surface area contributed by atoms with Crippen molar-refractivity contribution in [3.05, 3.63) is 35.7 Å². The molecule has 2 atom stereocenters. The van der Waals surface area contributed by atoms with Crippen LogP contribution in [-0.4, -0.2) is 63.1 Å². The molecule has 0 bridgehead atoms. The summed E-state index contributed by atoms with van der Waals surface area (Å²) in [7, 11) is 0. The molecule has 0 radical (unpaired) electrons. The van der Waals surface area contributed by atoms with Crippen LogP contribution in [0.25, 0.3) is 5.52 Å². The van der Waals surface area contributed by atoms with E-state index < -0.39 is 11.7 Å². The van der Waals surface area contributed by atoms with E-state index in [-0.39, 0.29) is 17.6 Å². The number of carbonyl (C=O) groups excluding carboxylic acids is 1. The lowest BCUT2D eigenvalue weighted by Gasteiger charge is -2.43. The van der Waals surface area contributed by atoms with Gasteiger partial charge in [-0.25, -0.2) is 19.3 Å². The zero-order chi connectivity index (χ0) is 26.4. The second-order valence-electron chi connectivity index (χ2n) is 10.6. The van der Waals surface area contributed by atoms with Gasteiger partial charge in [-0.15, -0.1) is 0 Å². The number of rotatable bonds is 4. The highest BCUT2D eigenvalue weighted by atomic mass is 35.5. The summed E-state index contributed by atoms with van der Waals surface area (Å²) in [5.41, 5.74) is 6.09. The molecule has 37 heavy (non-hydrogen) atoms. The van der Waals surface area contributed by atoms with Gasteiger partial charge < -0.3 is 25.4 Å². The van der Waals surface area contributed by atoms with Gasteiger partial charge in [0, 0.05) is 29.6 Å². The number of pyridine rings is 1. The molecule has 2 saturated heterocycles. The summed E-state index contributed by atoms with van der Waals surface area (Å²) in [6, 6.07) is 3.68. The molecule has 0 aromatic carbocycles. The van der Waals surface area contributed by atoms with Crippen molar-refractivity contribution in [1.29, 1.82) is 0 Å². The number of nitrogens with zero attached hydrogens (tertiary/aromatic N) is 5. The third-order valence-electron chi connectivity index (χ3n) is 6.97. The summed E-state index contributed by atoms with van der Waals surface area (Å²) < 4.78 is 13.4. The second kappa shape index (κ2) is 9.85. The van der Waals surface area contributed by atoms with Gasteiger partial charge in [0.1, 0.15) is 22.0 Å². The van der Waals surface area contributed by atoms with Crippen LogP contribution in [0.5, 0.6) is 0 Å². The number of alkyl carbamates (subject to hydrolysis) is 1. The lowest BCUT2D eigenvalue weighted by Crippen LogP contribution is -2.55. The number of hydrogen-bond donors (Lipinski definition) is 2. The Kier molecular flexibility index (Phi) is 6.88. The van der Waals surface area contributed by atoms with Crippen LogP contribution in [0.4, 0.5) is 16.4 Å². The number of anilines is 2. The number of hydrogen-bond acceptors (Lipinski definition) is 9. The van der Waals surface area contributed by atoms with E-state index in [1.807, 2.05) is 50.5 Å². The third-order valence-corrected chi connectivity index (χ3v) is 8.52. The lowest BCUT2D eigenvalue weighted by atomic mass is 9.73. The fourth-order valence-corrected chi connectivity index (χ4v) is 6.25. The number of nitrogens with two attached hydrogens (primary N) is 1. The monoisotopic (exact) mass is 545 g/mol. The zero-order valence-electron chi connectivity index (χ0n) is 21.4. The normalized spacial score (nSPS) is 21.5. The quantitative estimate of drug-likeness (QED) is 0.491. The number of amides is 1. The molecule has 0 aliphatic carbocycles. The standard InChI is InChI=1S/C25H32ClN7O3S/c1-15-20(31-23(34)36-24(2,3)4)25(14-35-15)7-11-32(12-8-25)22-16-5-10-30-33(16)18(13-29-22)37-17-6-9-28-21(27)19(17)26/h5-6,9-10,13,15,20H,7-8,11-12,14H2,1-4H3,(H2,27,28)(H,31,34)/t15-,20+/m0/s1. The molecule has 198 valence electrons. The first-order valence-electron chi connectivity index (χ1n) is 12.3. The van der Waals surface area contributed by atoms with E-state index in [0.717, 1.165) is 47.2 Å². The van der Waals surface area contributed by atoms with Gasteiger partial charge in [-0.1, -0.05) is 23.4 Å². The number of nitrogen functional groups attached to an aromatic ring is 1. The number of aromatic nitrogens is 4. The Labute approximate surface area is 225 Å². The highest BCUT2D eigenvalue weighted by Crippen LogP contribution is 2.44. The predicted molar refractivity (Wildman–Crippen MR) is 143 cm³/mol. The Morgan fingerprint density at radius 1 is 1.27 bits per heavy atom. The maximum Gasteiger partial charge on any atom is 0.407 e. The van der Waals surface area contributed by atoms with Gasteiger partial charge in [0.25, 0.3) is 0 Å². The Balaban J connectivity index is 1.32. The predicted octanol–water partition coefficient (Wildman–Crippen LogP) is 4.41. The van der Waals surface area contributed by atoms with Crippen LogP contribution in [0.15, 0.2) is 40.6 Å². The first-order chi connectivity index (χ1) is 17.6. The third kappa shape index (κ3) is 5.17. The second-order valence-corrected chi connectivity index (χ2v) is 12.1. The van der Waals surface area contributed by atoms with Gasteiger partial charge in [0.05, 0.1) is 36.2 Å². The molecule has 1 amide bonds. The summed E-state index contributed by atoms with van der Waals surface area (Å²) >= 11 is 7.80. The highest BCUT2D eigenvalue weighted by molar-refractivity contribution is 7.99. The van der Waals surface area contributed by atoms with Crippen LogP contribution >= 0.6 is 23.4 Å². The first-order valence-corrected chi connectivity index (χ1v) is 13.5. The van der Waals surface area contributed by atoms with Crippen LogP contribution in [0.3, 0.4) is 0 Å². The topological polar surface area (TPSA) is 120 Å². The van der Waals surface area contributed by atoms with E-state index >= 15 is 0 Å². The van der Waals surface area contributed by atoms with Crippen LogP contribution in [0.2, 0.25) is 5.02 Å². The van der Waals surface area contributed by atoms with Crippen LogP contribution in [-0.2, 0) is 9.47 Å². The van der Waals surface area contributed by atoms with Gasteiger partial charge in [-0.3, -0.25) is 0 Å². The van der Waals surface area contributed by atoms with Crippen molar-refractivity contribution in [3.8, 4) is 0 Å². The molecule has 2 fully saturated rings. The van der Waals surface area contributed by atoms with Crippen molar-refractivity contribution in [2.75, 3.05) is 30.3 Å². The van der Waals surface area contributed by atoms with E-state index in [1.165, 1.54) is 11.8 Å². The van der Waals surface area contributed by atoms with Gasteiger partial charge in [0.15, 0.2) is 5.82 Å². The van der Waals surface area contributed by atoms with Gasteiger partial charge >= 0.3 is 6.09 Å².